The molecule has 1 aliphatic heterocycles. The van der Waals surface area contributed by atoms with Crippen molar-refractivity contribution in [3.63, 3.8) is 0 Å². The fourth-order valence-electron chi connectivity index (χ4n) is 5.55. The molecule has 2 aromatic carbocycles. The average Bonchev–Trinajstić information content (AvgIpc) is 2.99. The molecule has 13 heteroatoms. The van der Waals surface area contributed by atoms with Crippen LogP contribution in [0.5, 0.6) is 0 Å². The van der Waals surface area contributed by atoms with Crippen LogP contribution >= 0.6 is 0 Å². The van der Waals surface area contributed by atoms with E-state index in [0.717, 1.165) is 30.9 Å². The smallest absolute Gasteiger partial charge is 0.410 e. The number of sulfone groups is 2. The van der Waals surface area contributed by atoms with Gasteiger partial charge in [0.1, 0.15) is 21.3 Å². The topological polar surface area (TPSA) is 145 Å². The second-order valence-electron chi connectivity index (χ2n) is 13.0. The van der Waals surface area contributed by atoms with Crippen molar-refractivity contribution in [3.05, 3.63) is 82.8 Å². The van der Waals surface area contributed by atoms with E-state index < -0.39 is 25.3 Å². The highest BCUT2D eigenvalue weighted by atomic mass is 32.2. The fraction of sp³-hybridized carbons (Fsp3) is 0.382. The van der Waals surface area contributed by atoms with Gasteiger partial charge in [0.05, 0.1) is 21.7 Å². The predicted octanol–water partition coefficient (Wildman–Crippen LogP) is 5.37. The Kier molecular flexibility index (Phi) is 9.52. The lowest BCUT2D eigenvalue weighted by Gasteiger charge is -2.33. The molecule has 2 aromatic heterocycles. The van der Waals surface area contributed by atoms with Gasteiger partial charge in [0.15, 0.2) is 9.84 Å². The highest BCUT2D eigenvalue weighted by molar-refractivity contribution is 7.91. The summed E-state index contributed by atoms with van der Waals surface area (Å²) in [6.45, 7) is 6.79. The number of rotatable bonds is 8. The van der Waals surface area contributed by atoms with E-state index in [1.807, 2.05) is 45.0 Å². The minimum absolute atomic E-state index is 0.00317. The number of nitrogens with zero attached hydrogens (tertiary/aromatic N) is 3. The van der Waals surface area contributed by atoms with Crippen molar-refractivity contribution >= 4 is 48.0 Å². The first-order valence-corrected chi connectivity index (χ1v) is 19.3. The van der Waals surface area contributed by atoms with Gasteiger partial charge in [-0.25, -0.2) is 26.6 Å². The van der Waals surface area contributed by atoms with Crippen LogP contribution in [0.25, 0.3) is 22.0 Å². The zero-order valence-electron chi connectivity index (χ0n) is 27.2. The van der Waals surface area contributed by atoms with Crippen LogP contribution in [0.15, 0.2) is 76.6 Å². The fourth-order valence-corrected chi connectivity index (χ4v) is 6.71. The van der Waals surface area contributed by atoms with Crippen molar-refractivity contribution in [1.29, 1.82) is 0 Å². The molecule has 3 heterocycles. The van der Waals surface area contributed by atoms with Crippen LogP contribution in [0.3, 0.4) is 0 Å². The number of anilines is 2. The quantitative estimate of drug-likeness (QED) is 0.260. The molecule has 5 rings (SSSR count). The Labute approximate surface area is 275 Å². The van der Waals surface area contributed by atoms with E-state index in [4.69, 9.17) is 9.72 Å². The normalized spacial score (nSPS) is 14.7. The van der Waals surface area contributed by atoms with E-state index in [-0.39, 0.29) is 34.8 Å². The number of likely N-dealkylation sites (tertiary alicyclic amines) is 1. The summed E-state index contributed by atoms with van der Waals surface area (Å²) < 4.78 is 54.5. The van der Waals surface area contributed by atoms with Crippen molar-refractivity contribution in [2.24, 2.45) is 0 Å². The Morgan fingerprint density at radius 2 is 1.60 bits per heavy atom. The summed E-state index contributed by atoms with van der Waals surface area (Å²) in [4.78, 5) is 32.9. The monoisotopic (exact) mass is 680 g/mol. The van der Waals surface area contributed by atoms with Gasteiger partial charge >= 0.3 is 6.09 Å². The first-order chi connectivity index (χ1) is 22.0. The molecular formula is C34H40N4O7S2. The van der Waals surface area contributed by atoms with Crippen LogP contribution < -0.4 is 10.9 Å². The summed E-state index contributed by atoms with van der Waals surface area (Å²) in [6.07, 6.45) is 5.17. The minimum atomic E-state index is -3.38. The van der Waals surface area contributed by atoms with Gasteiger partial charge in [-0.15, -0.1) is 0 Å². The first-order valence-electron chi connectivity index (χ1n) is 15.3. The van der Waals surface area contributed by atoms with Crippen LogP contribution in [-0.4, -0.2) is 74.3 Å². The lowest BCUT2D eigenvalue weighted by Crippen LogP contribution is -2.41. The van der Waals surface area contributed by atoms with Crippen LogP contribution in [0.2, 0.25) is 0 Å². The molecule has 0 bridgehead atoms. The second kappa shape index (κ2) is 13.1. The Morgan fingerprint density at radius 3 is 2.17 bits per heavy atom. The molecule has 11 nitrogen and oxygen atoms in total. The molecule has 4 aromatic rings. The van der Waals surface area contributed by atoms with E-state index in [9.17, 15) is 26.4 Å². The molecule has 1 fully saturated rings. The summed E-state index contributed by atoms with van der Waals surface area (Å²) in [6, 6.07) is 17.8. The molecule has 0 aliphatic carbocycles. The van der Waals surface area contributed by atoms with Gasteiger partial charge in [-0.1, -0.05) is 24.3 Å². The van der Waals surface area contributed by atoms with E-state index in [0.29, 0.717) is 46.6 Å². The molecule has 250 valence electrons. The second-order valence-corrected chi connectivity index (χ2v) is 17.3. The zero-order valence-corrected chi connectivity index (χ0v) is 28.8. The van der Waals surface area contributed by atoms with Crippen molar-refractivity contribution < 1.29 is 26.4 Å². The number of piperidine rings is 1. The Hall–Kier alpha value is -4.23. The molecule has 1 saturated heterocycles. The molecule has 1 aliphatic rings. The van der Waals surface area contributed by atoms with Gasteiger partial charge in [-0.3, -0.25) is 4.79 Å². The highest BCUT2D eigenvalue weighted by Gasteiger charge is 2.27. The van der Waals surface area contributed by atoms with Crippen LogP contribution in [0.1, 0.15) is 45.1 Å². The third kappa shape index (κ3) is 8.58. The summed E-state index contributed by atoms with van der Waals surface area (Å²) >= 11 is 0. The van der Waals surface area contributed by atoms with Crippen molar-refractivity contribution in [1.82, 2.24) is 14.5 Å². The maximum absolute atomic E-state index is 13.7. The predicted molar refractivity (Wildman–Crippen MR) is 184 cm³/mol. The van der Waals surface area contributed by atoms with E-state index >= 15 is 0 Å². The minimum Gasteiger partial charge on any atom is -0.444 e. The third-order valence-corrected chi connectivity index (χ3v) is 10.1. The zero-order chi connectivity index (χ0) is 34.1. The van der Waals surface area contributed by atoms with Gasteiger partial charge in [0.2, 0.25) is 0 Å². The summed E-state index contributed by atoms with van der Waals surface area (Å²) in [7, 11) is -6.68. The van der Waals surface area contributed by atoms with E-state index in [1.165, 1.54) is 16.7 Å². The maximum atomic E-state index is 13.7. The molecule has 47 heavy (non-hydrogen) atoms. The van der Waals surface area contributed by atoms with Gasteiger partial charge < -0.3 is 19.5 Å². The number of ether oxygens (including phenoxy) is 1. The molecule has 1 amide bonds. The number of aromatic nitrogens is 2. The standard InChI is InChI=1S/C34H40N4O7S2/c1-34(2,3)45-33(40)38-18-14-24(15-19-38)23-6-10-27(11-7-23)35-31-30-26(16-17-37(32(30)39)20-21-46(4,41)42)22-29(36-31)25-8-12-28(13-9-25)47(5,43)44/h6-13,16-17,22,24H,14-15,18-21H2,1-5H3,(H,35,36). The van der Waals surface area contributed by atoms with Gasteiger partial charge in [0.25, 0.3) is 5.56 Å². The maximum Gasteiger partial charge on any atom is 0.410 e. The summed E-state index contributed by atoms with van der Waals surface area (Å²) in [5.74, 6) is 0.390. The van der Waals surface area contributed by atoms with Crippen molar-refractivity contribution in [3.8, 4) is 11.3 Å². The highest BCUT2D eigenvalue weighted by Crippen LogP contribution is 2.32. The van der Waals surface area contributed by atoms with Crippen LogP contribution in [-0.2, 0) is 31.0 Å². The largest absolute Gasteiger partial charge is 0.444 e. The van der Waals surface area contributed by atoms with Gasteiger partial charge in [-0.2, -0.15) is 0 Å². The molecule has 0 spiro atoms. The van der Waals surface area contributed by atoms with Gasteiger partial charge in [-0.05, 0) is 86.9 Å². The summed E-state index contributed by atoms with van der Waals surface area (Å²) in [5, 5.41) is 4.20. The molecule has 0 atom stereocenters. The SMILES string of the molecule is CC(C)(C)OC(=O)N1CCC(c2ccc(Nc3nc(-c4ccc(S(C)(=O)=O)cc4)cc4ccn(CCS(C)(=O)=O)c(=O)c34)cc2)CC1. The Bertz CT molecular complexity index is 2060. The number of carbonyl (C=O) groups excluding carboxylic acids is 1. The number of benzene rings is 2. The Balaban J connectivity index is 1.43. The first kappa shape index (κ1) is 34.1. The van der Waals surface area contributed by atoms with Crippen LogP contribution in [0, 0.1) is 0 Å². The number of amides is 1. The summed E-state index contributed by atoms with van der Waals surface area (Å²) in [5.41, 5.74) is 2.11. The number of fused-ring (bicyclic) bond motifs is 1. The average molecular weight is 681 g/mol. The number of hydrogen-bond donors (Lipinski definition) is 1. The van der Waals surface area contributed by atoms with Crippen molar-refractivity contribution in [2.45, 2.75) is 56.6 Å². The molecule has 0 saturated carbocycles. The number of nitrogens with one attached hydrogen (secondary N) is 1. The molecular weight excluding hydrogens is 641 g/mol. The molecule has 1 N–H and O–H groups in total. The van der Waals surface area contributed by atoms with E-state index in [1.54, 1.807) is 35.4 Å². The Morgan fingerprint density at radius 1 is 0.957 bits per heavy atom. The van der Waals surface area contributed by atoms with E-state index in [2.05, 4.69) is 5.32 Å². The van der Waals surface area contributed by atoms with Gasteiger partial charge in [0, 0.05) is 49.6 Å². The lowest BCUT2D eigenvalue weighted by atomic mass is 9.89. The number of carbonyl (C=O) groups is 1. The lowest BCUT2D eigenvalue weighted by molar-refractivity contribution is 0.0205. The third-order valence-electron chi connectivity index (χ3n) is 8.03. The number of aryl methyl sites for hydroxylation is 1. The molecule has 0 radical (unpaired) electrons. The number of pyridine rings is 2. The van der Waals surface area contributed by atoms with Crippen LogP contribution in [0.4, 0.5) is 16.3 Å². The molecule has 0 unspecified atom stereocenters. The number of hydrogen-bond acceptors (Lipinski definition) is 9. The van der Waals surface area contributed by atoms with Crippen molar-refractivity contribution in [2.75, 3.05) is 36.7 Å².